The maximum atomic E-state index is 13.2. The van der Waals surface area contributed by atoms with E-state index in [0.29, 0.717) is 30.8 Å². The third kappa shape index (κ3) is 3.35. The average Bonchev–Trinajstić information content (AvgIpc) is 3.33. The minimum atomic E-state index is -3.29. The highest BCUT2D eigenvalue weighted by molar-refractivity contribution is 7.92. The van der Waals surface area contributed by atoms with Crippen molar-refractivity contribution in [3.8, 4) is 5.75 Å². The molecule has 0 aliphatic carbocycles. The second kappa shape index (κ2) is 7.13. The molecule has 0 radical (unpaired) electrons. The van der Waals surface area contributed by atoms with Crippen LogP contribution < -0.4 is 9.04 Å². The van der Waals surface area contributed by atoms with Crippen LogP contribution in [-0.4, -0.2) is 45.7 Å². The number of benzene rings is 2. The minimum absolute atomic E-state index is 0.00840. The molecule has 0 N–H and O–H groups in total. The number of anilines is 1. The summed E-state index contributed by atoms with van der Waals surface area (Å²) >= 11 is 0. The largest absolute Gasteiger partial charge is 0.497 e. The monoisotopic (exact) mass is 400 g/mol. The number of methoxy groups -OCH3 is 1. The summed E-state index contributed by atoms with van der Waals surface area (Å²) in [6.45, 7) is 1.15. The molecule has 2 aromatic rings. The van der Waals surface area contributed by atoms with Crippen molar-refractivity contribution in [2.45, 2.75) is 25.3 Å². The molecule has 1 atom stereocenters. The average molecular weight is 401 g/mol. The van der Waals surface area contributed by atoms with Crippen LogP contribution in [0.2, 0.25) is 0 Å². The lowest BCUT2D eigenvalue weighted by Gasteiger charge is -2.26. The Labute approximate surface area is 165 Å². The van der Waals surface area contributed by atoms with Gasteiger partial charge in [0.05, 0.1) is 25.1 Å². The zero-order chi connectivity index (χ0) is 19.9. The smallest absolute Gasteiger partial charge is 0.254 e. The Kier molecular flexibility index (Phi) is 4.79. The molecule has 0 bridgehead atoms. The van der Waals surface area contributed by atoms with E-state index in [0.717, 1.165) is 29.7 Å². The molecule has 1 unspecified atom stereocenters. The first-order valence-corrected chi connectivity index (χ1v) is 11.3. The Hall–Kier alpha value is -2.54. The van der Waals surface area contributed by atoms with Crippen LogP contribution in [0.1, 0.15) is 40.4 Å². The van der Waals surface area contributed by atoms with E-state index in [1.807, 2.05) is 35.2 Å². The fourth-order valence-corrected chi connectivity index (χ4v) is 5.18. The molecule has 2 aliphatic heterocycles. The lowest BCUT2D eigenvalue weighted by atomic mass is 10.0. The van der Waals surface area contributed by atoms with E-state index in [1.54, 1.807) is 19.2 Å². The van der Waals surface area contributed by atoms with Gasteiger partial charge in [0.1, 0.15) is 5.75 Å². The first-order chi connectivity index (χ1) is 13.4. The van der Waals surface area contributed by atoms with Gasteiger partial charge >= 0.3 is 0 Å². The Bertz CT molecular complexity index is 1020. The van der Waals surface area contributed by atoms with Crippen LogP contribution in [-0.2, 0) is 16.4 Å². The van der Waals surface area contributed by atoms with E-state index >= 15 is 0 Å². The summed E-state index contributed by atoms with van der Waals surface area (Å²) in [5.41, 5.74) is 3.29. The second-order valence-electron chi connectivity index (χ2n) is 7.36. The van der Waals surface area contributed by atoms with Gasteiger partial charge in [0.2, 0.25) is 10.0 Å². The highest BCUT2D eigenvalue weighted by Gasteiger charge is 2.32. The zero-order valence-corrected chi connectivity index (χ0v) is 16.9. The van der Waals surface area contributed by atoms with Crippen molar-refractivity contribution in [2.75, 3.05) is 30.8 Å². The summed E-state index contributed by atoms with van der Waals surface area (Å²) in [6, 6.07) is 13.3. The first-order valence-electron chi connectivity index (χ1n) is 9.44. The van der Waals surface area contributed by atoms with Crippen molar-refractivity contribution in [3.63, 3.8) is 0 Å². The molecule has 2 heterocycles. The maximum absolute atomic E-state index is 13.2. The first kappa shape index (κ1) is 18.8. The molecule has 0 aromatic heterocycles. The summed E-state index contributed by atoms with van der Waals surface area (Å²) in [6.07, 6.45) is 3.72. The molecule has 0 spiro atoms. The normalized spacial score (nSPS) is 19.0. The fourth-order valence-electron chi connectivity index (χ4n) is 4.22. The summed E-state index contributed by atoms with van der Waals surface area (Å²) < 4.78 is 30.6. The van der Waals surface area contributed by atoms with Gasteiger partial charge in [-0.15, -0.1) is 0 Å². The predicted molar refractivity (Wildman–Crippen MR) is 108 cm³/mol. The maximum Gasteiger partial charge on any atom is 0.254 e. The van der Waals surface area contributed by atoms with Crippen LogP contribution >= 0.6 is 0 Å². The van der Waals surface area contributed by atoms with Crippen LogP contribution in [0.25, 0.3) is 0 Å². The summed E-state index contributed by atoms with van der Waals surface area (Å²) in [5.74, 6) is 0.779. The number of ether oxygens (including phenoxy) is 1. The van der Waals surface area contributed by atoms with Crippen LogP contribution in [0.15, 0.2) is 42.5 Å². The number of fused-ring (bicyclic) bond motifs is 1. The molecule has 2 aromatic carbocycles. The van der Waals surface area contributed by atoms with Gasteiger partial charge in [-0.25, -0.2) is 8.42 Å². The third-order valence-electron chi connectivity index (χ3n) is 5.57. The van der Waals surface area contributed by atoms with Gasteiger partial charge in [-0.05, 0) is 60.7 Å². The van der Waals surface area contributed by atoms with Crippen LogP contribution in [0, 0.1) is 0 Å². The molecule has 2 aliphatic rings. The lowest BCUT2D eigenvalue weighted by Crippen LogP contribution is -2.30. The van der Waals surface area contributed by atoms with Gasteiger partial charge in [-0.2, -0.15) is 0 Å². The highest BCUT2D eigenvalue weighted by atomic mass is 32.2. The van der Waals surface area contributed by atoms with Crippen molar-refractivity contribution in [3.05, 3.63) is 59.2 Å². The Morgan fingerprint density at radius 1 is 1.14 bits per heavy atom. The van der Waals surface area contributed by atoms with E-state index < -0.39 is 10.0 Å². The van der Waals surface area contributed by atoms with Crippen molar-refractivity contribution in [1.29, 1.82) is 0 Å². The molecule has 1 fully saturated rings. The Morgan fingerprint density at radius 3 is 2.71 bits per heavy atom. The summed E-state index contributed by atoms with van der Waals surface area (Å²) in [7, 11) is -1.65. The number of sulfonamides is 1. The quantitative estimate of drug-likeness (QED) is 0.791. The standard InChI is InChI=1S/C21H24N2O4S/c1-27-18-6-3-5-15(14-18)19-7-4-11-22(19)21(24)17-8-9-20-16(13-17)10-12-23(20)28(2,25)26/h3,5-6,8-9,13-14,19H,4,7,10-12H2,1-2H3. The number of nitrogens with zero attached hydrogens (tertiary/aromatic N) is 2. The number of rotatable bonds is 4. The van der Waals surface area contributed by atoms with Gasteiger partial charge in [-0.3, -0.25) is 9.10 Å². The molecule has 0 saturated carbocycles. The topological polar surface area (TPSA) is 66.9 Å². The molecular weight excluding hydrogens is 376 g/mol. The second-order valence-corrected chi connectivity index (χ2v) is 9.27. The van der Waals surface area contributed by atoms with E-state index in [-0.39, 0.29) is 11.9 Å². The minimum Gasteiger partial charge on any atom is -0.497 e. The number of hydrogen-bond donors (Lipinski definition) is 0. The summed E-state index contributed by atoms with van der Waals surface area (Å²) in [4.78, 5) is 15.1. The third-order valence-corrected chi connectivity index (χ3v) is 6.75. The molecule has 7 heteroatoms. The van der Waals surface area contributed by atoms with Crippen molar-refractivity contribution >= 4 is 21.6 Å². The van der Waals surface area contributed by atoms with Crippen LogP contribution in [0.5, 0.6) is 5.75 Å². The Morgan fingerprint density at radius 2 is 1.96 bits per heavy atom. The lowest BCUT2D eigenvalue weighted by molar-refractivity contribution is 0.0735. The Balaban J connectivity index is 1.61. The number of amides is 1. The summed E-state index contributed by atoms with van der Waals surface area (Å²) in [5, 5.41) is 0. The number of likely N-dealkylation sites (tertiary alicyclic amines) is 1. The van der Waals surface area contributed by atoms with Gasteiger partial charge < -0.3 is 9.64 Å². The van der Waals surface area contributed by atoms with E-state index in [2.05, 4.69) is 0 Å². The SMILES string of the molecule is COc1cccc(C2CCCN2C(=O)c2ccc3c(c2)CCN3S(C)(=O)=O)c1. The van der Waals surface area contributed by atoms with E-state index in [1.165, 1.54) is 10.6 Å². The van der Waals surface area contributed by atoms with E-state index in [4.69, 9.17) is 4.74 Å². The number of carbonyl (C=O) groups excluding carboxylic acids is 1. The molecule has 6 nitrogen and oxygen atoms in total. The molecule has 1 amide bonds. The molecule has 148 valence electrons. The molecular formula is C21H24N2O4S. The molecule has 1 saturated heterocycles. The van der Waals surface area contributed by atoms with Gasteiger partial charge in [0, 0.05) is 18.7 Å². The molecule has 28 heavy (non-hydrogen) atoms. The van der Waals surface area contributed by atoms with Gasteiger partial charge in [0.15, 0.2) is 0 Å². The zero-order valence-electron chi connectivity index (χ0n) is 16.1. The van der Waals surface area contributed by atoms with Crippen molar-refractivity contribution < 1.29 is 17.9 Å². The fraction of sp³-hybridized carbons (Fsp3) is 0.381. The van der Waals surface area contributed by atoms with Crippen LogP contribution in [0.3, 0.4) is 0 Å². The highest BCUT2D eigenvalue weighted by Crippen LogP contribution is 2.36. The molecule has 4 rings (SSSR count). The van der Waals surface area contributed by atoms with Crippen molar-refractivity contribution in [1.82, 2.24) is 4.90 Å². The number of hydrogen-bond acceptors (Lipinski definition) is 4. The van der Waals surface area contributed by atoms with Gasteiger partial charge in [-0.1, -0.05) is 12.1 Å². The number of carbonyl (C=O) groups is 1. The van der Waals surface area contributed by atoms with Gasteiger partial charge in [0.25, 0.3) is 5.91 Å². The van der Waals surface area contributed by atoms with E-state index in [9.17, 15) is 13.2 Å². The van der Waals surface area contributed by atoms with Crippen molar-refractivity contribution in [2.24, 2.45) is 0 Å². The predicted octanol–water partition coefficient (Wildman–Crippen LogP) is 2.99. The van der Waals surface area contributed by atoms with Crippen LogP contribution in [0.4, 0.5) is 5.69 Å².